The fourth-order valence-electron chi connectivity index (χ4n) is 2.26. The number of fused-ring (bicyclic) bond motifs is 1. The van der Waals surface area contributed by atoms with Gasteiger partial charge in [-0.05, 0) is 30.2 Å². The van der Waals surface area contributed by atoms with Crippen LogP contribution in [0.2, 0.25) is 0 Å². The van der Waals surface area contributed by atoms with Crippen LogP contribution in [0.1, 0.15) is 13.3 Å². The normalized spacial score (nSPS) is 17.9. The van der Waals surface area contributed by atoms with E-state index in [9.17, 15) is 4.79 Å². The topological polar surface area (TPSA) is 38.3 Å². The summed E-state index contributed by atoms with van der Waals surface area (Å²) >= 11 is 0. The summed E-state index contributed by atoms with van der Waals surface area (Å²) in [5.74, 6) is 0.731. The number of carbonyl (C=O) groups is 1. The maximum atomic E-state index is 11.7. The Morgan fingerprint density at radius 2 is 1.89 bits per heavy atom. The highest BCUT2D eigenvalue weighted by atomic mass is 16.5. The summed E-state index contributed by atoms with van der Waals surface area (Å²) in [6.45, 7) is 1.90. The van der Waals surface area contributed by atoms with Crippen molar-refractivity contribution < 1.29 is 9.53 Å². The molecule has 1 heterocycles. The maximum absolute atomic E-state index is 11.7. The minimum Gasteiger partial charge on any atom is -0.488 e. The molecule has 0 fully saturated rings. The summed E-state index contributed by atoms with van der Waals surface area (Å²) in [5.41, 5.74) is 2.94. The summed E-state index contributed by atoms with van der Waals surface area (Å²) < 4.78 is 5.73. The Kier molecular flexibility index (Phi) is 2.95. The Balaban J connectivity index is 2.02. The zero-order valence-electron chi connectivity index (χ0n) is 10.7. The quantitative estimate of drug-likeness (QED) is 0.845. The number of rotatable bonds is 1. The number of hydrogen-bond acceptors (Lipinski definition) is 2. The molecule has 1 amide bonds. The van der Waals surface area contributed by atoms with Crippen LogP contribution >= 0.6 is 0 Å². The summed E-state index contributed by atoms with van der Waals surface area (Å²) in [7, 11) is 0. The van der Waals surface area contributed by atoms with E-state index in [1.165, 1.54) is 0 Å². The number of anilines is 1. The van der Waals surface area contributed by atoms with Gasteiger partial charge in [-0.25, -0.2) is 0 Å². The summed E-state index contributed by atoms with van der Waals surface area (Å²) in [4.78, 5) is 11.7. The van der Waals surface area contributed by atoms with Crippen LogP contribution in [0.25, 0.3) is 11.1 Å². The lowest BCUT2D eigenvalue weighted by molar-refractivity contribution is -0.117. The molecule has 2 aromatic rings. The zero-order valence-corrected chi connectivity index (χ0v) is 10.7. The second-order valence-corrected chi connectivity index (χ2v) is 4.76. The molecule has 0 aliphatic carbocycles. The van der Waals surface area contributed by atoms with Gasteiger partial charge in [-0.2, -0.15) is 0 Å². The first-order valence-corrected chi connectivity index (χ1v) is 6.38. The first-order chi connectivity index (χ1) is 9.22. The predicted molar refractivity (Wildman–Crippen MR) is 75.2 cm³/mol. The number of nitrogens with one attached hydrogen (secondary N) is 1. The molecule has 3 rings (SSSR count). The average Bonchev–Trinajstić information content (AvgIpc) is 2.55. The van der Waals surface area contributed by atoms with E-state index in [2.05, 4.69) is 5.32 Å². The number of benzene rings is 2. The average molecular weight is 253 g/mol. The van der Waals surface area contributed by atoms with Gasteiger partial charge in [0, 0.05) is 0 Å². The van der Waals surface area contributed by atoms with Gasteiger partial charge >= 0.3 is 0 Å². The highest BCUT2D eigenvalue weighted by Crippen LogP contribution is 2.33. The SMILES string of the molecule is CC1CC(=O)Nc2cc(-c3ccccc3)ccc2O1. The van der Waals surface area contributed by atoms with Crippen LogP contribution in [0.3, 0.4) is 0 Å². The molecule has 1 aliphatic rings. The van der Waals surface area contributed by atoms with Crippen molar-refractivity contribution in [3.8, 4) is 16.9 Å². The van der Waals surface area contributed by atoms with Crippen molar-refractivity contribution in [1.29, 1.82) is 0 Å². The van der Waals surface area contributed by atoms with Crippen molar-refractivity contribution in [3.05, 3.63) is 48.5 Å². The van der Waals surface area contributed by atoms with Gasteiger partial charge in [-0.15, -0.1) is 0 Å². The second kappa shape index (κ2) is 4.76. The van der Waals surface area contributed by atoms with Gasteiger partial charge in [-0.1, -0.05) is 36.4 Å². The molecule has 0 saturated heterocycles. The van der Waals surface area contributed by atoms with Crippen molar-refractivity contribution in [2.45, 2.75) is 19.4 Å². The van der Waals surface area contributed by atoms with Crippen molar-refractivity contribution in [3.63, 3.8) is 0 Å². The molecule has 0 bridgehead atoms. The Labute approximate surface area is 112 Å². The molecular formula is C16H15NO2. The Morgan fingerprint density at radius 1 is 1.11 bits per heavy atom. The van der Waals surface area contributed by atoms with Gasteiger partial charge in [0.25, 0.3) is 0 Å². The maximum Gasteiger partial charge on any atom is 0.228 e. The predicted octanol–water partition coefficient (Wildman–Crippen LogP) is 3.46. The largest absolute Gasteiger partial charge is 0.488 e. The van der Waals surface area contributed by atoms with Crippen molar-refractivity contribution in [2.24, 2.45) is 0 Å². The molecule has 0 radical (unpaired) electrons. The third kappa shape index (κ3) is 2.45. The molecule has 1 N–H and O–H groups in total. The third-order valence-corrected chi connectivity index (χ3v) is 3.16. The number of carbonyl (C=O) groups excluding carboxylic acids is 1. The lowest BCUT2D eigenvalue weighted by Crippen LogP contribution is -2.17. The molecule has 3 heteroatoms. The van der Waals surface area contributed by atoms with Crippen LogP contribution in [0.5, 0.6) is 5.75 Å². The monoisotopic (exact) mass is 253 g/mol. The van der Waals surface area contributed by atoms with E-state index in [1.807, 2.05) is 55.5 Å². The summed E-state index contributed by atoms with van der Waals surface area (Å²) in [5, 5.41) is 2.90. The fourth-order valence-corrected chi connectivity index (χ4v) is 2.26. The zero-order chi connectivity index (χ0) is 13.2. The number of amides is 1. The standard InChI is InChI=1S/C16H15NO2/c1-11-9-16(18)17-14-10-13(7-8-15(14)19-11)12-5-3-2-4-6-12/h2-8,10-11H,9H2,1H3,(H,17,18). The van der Waals surface area contributed by atoms with Gasteiger partial charge < -0.3 is 10.1 Å². The van der Waals surface area contributed by atoms with Crippen LogP contribution < -0.4 is 10.1 Å². The Hall–Kier alpha value is -2.29. The van der Waals surface area contributed by atoms with E-state index in [0.29, 0.717) is 6.42 Å². The molecule has 2 aromatic carbocycles. The fraction of sp³-hybridized carbons (Fsp3) is 0.188. The molecule has 1 aliphatic heterocycles. The van der Waals surface area contributed by atoms with Gasteiger partial charge in [0.15, 0.2) is 0 Å². The van der Waals surface area contributed by atoms with Crippen molar-refractivity contribution in [1.82, 2.24) is 0 Å². The van der Waals surface area contributed by atoms with Crippen LogP contribution in [-0.2, 0) is 4.79 Å². The van der Waals surface area contributed by atoms with Crippen LogP contribution in [0, 0.1) is 0 Å². The summed E-state index contributed by atoms with van der Waals surface area (Å²) in [6, 6.07) is 16.0. The van der Waals surface area contributed by atoms with E-state index < -0.39 is 0 Å². The van der Waals surface area contributed by atoms with Gasteiger partial charge in [0.1, 0.15) is 11.9 Å². The highest BCUT2D eigenvalue weighted by Gasteiger charge is 2.19. The Bertz CT molecular complexity index is 607. The first kappa shape index (κ1) is 11.8. The molecule has 1 unspecified atom stereocenters. The van der Waals surface area contributed by atoms with E-state index in [0.717, 1.165) is 22.6 Å². The molecule has 0 saturated carbocycles. The minimum absolute atomic E-state index is 0.00328. The van der Waals surface area contributed by atoms with Crippen molar-refractivity contribution in [2.75, 3.05) is 5.32 Å². The minimum atomic E-state index is -0.0937. The summed E-state index contributed by atoms with van der Waals surface area (Å²) in [6.07, 6.45) is 0.291. The molecule has 0 aromatic heterocycles. The van der Waals surface area contributed by atoms with Gasteiger partial charge in [-0.3, -0.25) is 4.79 Å². The third-order valence-electron chi connectivity index (χ3n) is 3.16. The Morgan fingerprint density at radius 3 is 2.68 bits per heavy atom. The lowest BCUT2D eigenvalue weighted by Gasteiger charge is -2.12. The van der Waals surface area contributed by atoms with E-state index in [4.69, 9.17) is 4.74 Å². The first-order valence-electron chi connectivity index (χ1n) is 6.38. The van der Waals surface area contributed by atoms with Crippen molar-refractivity contribution >= 4 is 11.6 Å². The van der Waals surface area contributed by atoms with E-state index in [1.54, 1.807) is 0 Å². The molecule has 1 atom stereocenters. The second-order valence-electron chi connectivity index (χ2n) is 4.76. The highest BCUT2D eigenvalue weighted by molar-refractivity contribution is 5.94. The smallest absolute Gasteiger partial charge is 0.228 e. The van der Waals surface area contributed by atoms with Gasteiger partial charge in [0.05, 0.1) is 12.1 Å². The van der Waals surface area contributed by atoms with E-state index in [-0.39, 0.29) is 12.0 Å². The van der Waals surface area contributed by atoms with Crippen LogP contribution in [-0.4, -0.2) is 12.0 Å². The lowest BCUT2D eigenvalue weighted by atomic mass is 10.0. The molecule has 19 heavy (non-hydrogen) atoms. The number of ether oxygens (including phenoxy) is 1. The van der Waals surface area contributed by atoms with Crippen LogP contribution in [0.15, 0.2) is 48.5 Å². The van der Waals surface area contributed by atoms with Crippen LogP contribution in [0.4, 0.5) is 5.69 Å². The molecule has 0 spiro atoms. The van der Waals surface area contributed by atoms with Gasteiger partial charge in [0.2, 0.25) is 5.91 Å². The molecule has 96 valence electrons. The molecule has 3 nitrogen and oxygen atoms in total. The number of hydrogen-bond donors (Lipinski definition) is 1. The molecular weight excluding hydrogens is 238 g/mol. The van der Waals surface area contributed by atoms with E-state index >= 15 is 0 Å².